The molecule has 2 saturated heterocycles. The quantitative estimate of drug-likeness (QED) is 0.648. The highest BCUT2D eigenvalue weighted by Crippen LogP contribution is 2.18. The predicted octanol–water partition coefficient (Wildman–Crippen LogP) is 0.728. The Morgan fingerprint density at radius 1 is 1.36 bits per heavy atom. The molecule has 0 spiro atoms. The van der Waals surface area contributed by atoms with E-state index in [-0.39, 0.29) is 11.9 Å². The normalized spacial score (nSPS) is 28.9. The first-order valence-electron chi connectivity index (χ1n) is 5.41. The second-order valence-corrected chi connectivity index (χ2v) is 4.05. The van der Waals surface area contributed by atoms with E-state index in [2.05, 4.69) is 5.32 Å². The molecule has 78 valence electrons. The fourth-order valence-electron chi connectivity index (χ4n) is 2.25. The molecule has 2 aliphatic heterocycles. The topological polar surface area (TPSA) is 56.2 Å². The molecule has 2 rings (SSSR count). The minimum atomic E-state index is -0.0588. The minimum Gasteiger partial charge on any atom is -0.354 e. The van der Waals surface area contributed by atoms with Gasteiger partial charge in [0, 0.05) is 19.5 Å². The van der Waals surface area contributed by atoms with E-state index in [4.69, 9.17) is 5.41 Å². The summed E-state index contributed by atoms with van der Waals surface area (Å²) in [5.74, 6) is 0.765. The third-order valence-electron chi connectivity index (χ3n) is 3.04. The molecule has 4 heteroatoms. The number of rotatable bonds is 1. The molecule has 0 aromatic heterocycles. The number of nitrogens with one attached hydrogen (secondary N) is 2. The molecule has 0 saturated carbocycles. The number of carbonyl (C=O) groups is 1. The van der Waals surface area contributed by atoms with Crippen LogP contribution < -0.4 is 5.32 Å². The van der Waals surface area contributed by atoms with E-state index in [1.54, 1.807) is 0 Å². The molecule has 2 fully saturated rings. The van der Waals surface area contributed by atoms with Gasteiger partial charge in [-0.2, -0.15) is 0 Å². The SMILES string of the molecule is N=C1CCCCN1C1CCCNC1=O. The summed E-state index contributed by atoms with van der Waals surface area (Å²) in [5.41, 5.74) is 0. The maximum atomic E-state index is 11.6. The van der Waals surface area contributed by atoms with Crippen molar-refractivity contribution >= 4 is 11.7 Å². The van der Waals surface area contributed by atoms with Crippen LogP contribution in [-0.2, 0) is 4.79 Å². The average molecular weight is 195 g/mol. The summed E-state index contributed by atoms with van der Waals surface area (Å²) in [5, 5.41) is 10.7. The molecule has 0 aromatic carbocycles. The molecule has 2 heterocycles. The first-order valence-corrected chi connectivity index (χ1v) is 5.41. The van der Waals surface area contributed by atoms with Crippen molar-refractivity contribution in [2.75, 3.05) is 13.1 Å². The molecule has 14 heavy (non-hydrogen) atoms. The summed E-state index contributed by atoms with van der Waals surface area (Å²) in [6.07, 6.45) is 5.01. The highest BCUT2D eigenvalue weighted by atomic mass is 16.2. The second-order valence-electron chi connectivity index (χ2n) is 4.05. The molecule has 0 bridgehead atoms. The van der Waals surface area contributed by atoms with Gasteiger partial charge in [0.1, 0.15) is 6.04 Å². The lowest BCUT2D eigenvalue weighted by molar-refractivity contribution is -0.126. The van der Waals surface area contributed by atoms with Crippen LogP contribution in [0, 0.1) is 5.41 Å². The standard InChI is InChI=1S/C10H17N3O/c11-9-5-1-2-7-13(9)8-4-3-6-12-10(8)14/h8,11H,1-7H2,(H,12,14). The molecule has 2 N–H and O–H groups in total. The molecule has 1 unspecified atom stereocenters. The largest absolute Gasteiger partial charge is 0.354 e. The Balaban J connectivity index is 2.04. The lowest BCUT2D eigenvalue weighted by Crippen LogP contribution is -2.53. The molecule has 0 radical (unpaired) electrons. The highest BCUT2D eigenvalue weighted by molar-refractivity contribution is 5.89. The van der Waals surface area contributed by atoms with Gasteiger partial charge >= 0.3 is 0 Å². The summed E-state index contributed by atoms with van der Waals surface area (Å²) >= 11 is 0. The third kappa shape index (κ3) is 1.74. The van der Waals surface area contributed by atoms with Crippen LogP contribution in [0.3, 0.4) is 0 Å². The van der Waals surface area contributed by atoms with E-state index in [1.165, 1.54) is 0 Å². The Kier molecular flexibility index (Phi) is 2.70. The van der Waals surface area contributed by atoms with Gasteiger partial charge in [0.2, 0.25) is 5.91 Å². The van der Waals surface area contributed by atoms with Crippen LogP contribution in [0.5, 0.6) is 0 Å². The van der Waals surface area contributed by atoms with Crippen molar-refractivity contribution in [3.8, 4) is 0 Å². The zero-order valence-electron chi connectivity index (χ0n) is 8.38. The van der Waals surface area contributed by atoms with Crippen molar-refractivity contribution in [1.29, 1.82) is 5.41 Å². The zero-order chi connectivity index (χ0) is 9.97. The lowest BCUT2D eigenvalue weighted by Gasteiger charge is -2.37. The molecule has 0 aliphatic carbocycles. The van der Waals surface area contributed by atoms with E-state index < -0.39 is 0 Å². The molecular formula is C10H17N3O. The van der Waals surface area contributed by atoms with Gasteiger partial charge in [0.15, 0.2) is 0 Å². The monoisotopic (exact) mass is 195 g/mol. The molecule has 0 aromatic rings. The van der Waals surface area contributed by atoms with Crippen LogP contribution in [0.2, 0.25) is 0 Å². The van der Waals surface area contributed by atoms with Crippen LogP contribution in [0.25, 0.3) is 0 Å². The molecule has 4 nitrogen and oxygen atoms in total. The van der Waals surface area contributed by atoms with Crippen LogP contribution in [-0.4, -0.2) is 35.8 Å². The van der Waals surface area contributed by atoms with Crippen LogP contribution in [0.4, 0.5) is 0 Å². The zero-order valence-corrected chi connectivity index (χ0v) is 8.38. The Morgan fingerprint density at radius 2 is 2.21 bits per heavy atom. The van der Waals surface area contributed by atoms with Gasteiger partial charge in [0.25, 0.3) is 0 Å². The number of nitrogens with zero attached hydrogens (tertiary/aromatic N) is 1. The fraction of sp³-hybridized carbons (Fsp3) is 0.800. The number of hydrogen-bond acceptors (Lipinski definition) is 2. The second kappa shape index (κ2) is 3.98. The molecule has 2 aliphatic rings. The van der Waals surface area contributed by atoms with Crippen molar-refractivity contribution in [3.63, 3.8) is 0 Å². The Labute approximate surface area is 84.2 Å². The smallest absolute Gasteiger partial charge is 0.242 e. The van der Waals surface area contributed by atoms with E-state index in [0.717, 1.165) is 45.2 Å². The van der Waals surface area contributed by atoms with Gasteiger partial charge in [-0.05, 0) is 25.7 Å². The molecule has 1 amide bonds. The first-order chi connectivity index (χ1) is 6.79. The summed E-state index contributed by atoms with van der Waals surface area (Å²) in [4.78, 5) is 13.6. The van der Waals surface area contributed by atoms with E-state index in [0.29, 0.717) is 5.84 Å². The maximum Gasteiger partial charge on any atom is 0.242 e. The lowest BCUT2D eigenvalue weighted by atomic mass is 10.0. The van der Waals surface area contributed by atoms with Gasteiger partial charge in [-0.15, -0.1) is 0 Å². The Morgan fingerprint density at radius 3 is 2.93 bits per heavy atom. The maximum absolute atomic E-state index is 11.6. The number of amides is 1. The predicted molar refractivity (Wildman–Crippen MR) is 54.3 cm³/mol. The Bertz CT molecular complexity index is 226. The summed E-state index contributed by atoms with van der Waals surface area (Å²) in [6.45, 7) is 1.69. The van der Waals surface area contributed by atoms with Crippen LogP contribution in [0.15, 0.2) is 0 Å². The highest BCUT2D eigenvalue weighted by Gasteiger charge is 2.30. The number of piperidine rings is 2. The van der Waals surface area contributed by atoms with Crippen molar-refractivity contribution in [2.45, 2.75) is 38.1 Å². The van der Waals surface area contributed by atoms with Crippen LogP contribution in [0.1, 0.15) is 32.1 Å². The van der Waals surface area contributed by atoms with E-state index in [1.807, 2.05) is 4.90 Å². The van der Waals surface area contributed by atoms with Crippen molar-refractivity contribution in [1.82, 2.24) is 10.2 Å². The van der Waals surface area contributed by atoms with Crippen molar-refractivity contribution in [2.24, 2.45) is 0 Å². The molecular weight excluding hydrogens is 178 g/mol. The van der Waals surface area contributed by atoms with Gasteiger partial charge in [0.05, 0.1) is 5.84 Å². The first kappa shape index (κ1) is 9.49. The average Bonchev–Trinajstić information content (AvgIpc) is 2.20. The Hall–Kier alpha value is -1.06. The third-order valence-corrected chi connectivity index (χ3v) is 3.04. The minimum absolute atomic E-state index is 0.0588. The van der Waals surface area contributed by atoms with E-state index in [9.17, 15) is 4.79 Å². The number of hydrogen-bond donors (Lipinski definition) is 2. The number of amidine groups is 1. The van der Waals surface area contributed by atoms with Gasteiger partial charge < -0.3 is 10.2 Å². The summed E-state index contributed by atoms with van der Waals surface area (Å²) in [6, 6.07) is -0.0588. The fourth-order valence-corrected chi connectivity index (χ4v) is 2.25. The van der Waals surface area contributed by atoms with Crippen molar-refractivity contribution in [3.05, 3.63) is 0 Å². The number of likely N-dealkylation sites (tertiary alicyclic amines) is 1. The summed E-state index contributed by atoms with van der Waals surface area (Å²) < 4.78 is 0. The van der Waals surface area contributed by atoms with Crippen LogP contribution >= 0.6 is 0 Å². The van der Waals surface area contributed by atoms with Crippen molar-refractivity contribution < 1.29 is 4.79 Å². The van der Waals surface area contributed by atoms with Gasteiger partial charge in [-0.1, -0.05) is 0 Å². The van der Waals surface area contributed by atoms with Gasteiger partial charge in [-0.25, -0.2) is 0 Å². The van der Waals surface area contributed by atoms with E-state index >= 15 is 0 Å². The summed E-state index contributed by atoms with van der Waals surface area (Å²) in [7, 11) is 0. The van der Waals surface area contributed by atoms with Gasteiger partial charge in [-0.3, -0.25) is 10.2 Å². The number of carbonyl (C=O) groups excluding carboxylic acids is 1. The molecule has 1 atom stereocenters.